The van der Waals surface area contributed by atoms with Crippen LogP contribution < -0.4 is 15.4 Å². The van der Waals surface area contributed by atoms with Crippen molar-refractivity contribution in [2.45, 2.75) is 20.8 Å². The van der Waals surface area contributed by atoms with Crippen LogP contribution in [0.5, 0.6) is 5.75 Å². The van der Waals surface area contributed by atoms with E-state index in [0.29, 0.717) is 22.7 Å². The fraction of sp³-hybridized carbons (Fsp3) is 0.250. The first-order valence-corrected chi connectivity index (χ1v) is 8.33. The van der Waals surface area contributed by atoms with Crippen LogP contribution >= 0.6 is 0 Å². The number of amides is 2. The molecule has 2 rings (SSSR count). The smallest absolute Gasteiger partial charge is 0.341 e. The number of benzene rings is 2. The van der Waals surface area contributed by atoms with Crippen molar-refractivity contribution in [2.24, 2.45) is 5.41 Å². The number of carboxylic acid groups (broad SMARTS) is 1. The van der Waals surface area contributed by atoms with E-state index in [0.717, 1.165) is 0 Å². The Labute approximate surface area is 157 Å². The molecule has 0 aliphatic heterocycles. The quantitative estimate of drug-likeness (QED) is 0.723. The van der Waals surface area contributed by atoms with Crippen molar-refractivity contribution >= 4 is 29.2 Å². The van der Waals surface area contributed by atoms with E-state index in [1.807, 2.05) is 20.8 Å². The zero-order valence-corrected chi connectivity index (χ0v) is 15.4. The number of nitrogens with one attached hydrogen (secondary N) is 2. The molecule has 3 N–H and O–H groups in total. The van der Waals surface area contributed by atoms with Crippen LogP contribution in [0.2, 0.25) is 0 Å². The molecule has 0 bridgehead atoms. The van der Waals surface area contributed by atoms with E-state index in [9.17, 15) is 14.4 Å². The fourth-order valence-electron chi connectivity index (χ4n) is 2.04. The molecule has 27 heavy (non-hydrogen) atoms. The van der Waals surface area contributed by atoms with E-state index in [2.05, 4.69) is 10.6 Å². The zero-order valence-electron chi connectivity index (χ0n) is 15.4. The van der Waals surface area contributed by atoms with Crippen molar-refractivity contribution in [3.8, 4) is 5.75 Å². The third-order valence-electron chi connectivity index (χ3n) is 3.54. The Morgan fingerprint density at radius 1 is 0.963 bits per heavy atom. The molecule has 0 aliphatic carbocycles. The van der Waals surface area contributed by atoms with Crippen molar-refractivity contribution in [3.05, 3.63) is 54.1 Å². The Bertz CT molecular complexity index is 838. The first kappa shape index (κ1) is 20.0. The first-order valence-electron chi connectivity index (χ1n) is 8.33. The highest BCUT2D eigenvalue weighted by Gasteiger charge is 2.21. The van der Waals surface area contributed by atoms with Crippen molar-refractivity contribution in [2.75, 3.05) is 17.2 Å². The number of carboxylic acids is 1. The molecule has 0 saturated heterocycles. The molecule has 2 aromatic carbocycles. The molecule has 142 valence electrons. The average molecular weight is 370 g/mol. The van der Waals surface area contributed by atoms with E-state index in [-0.39, 0.29) is 11.8 Å². The highest BCUT2D eigenvalue weighted by atomic mass is 16.5. The number of aliphatic carboxylic acids is 1. The number of carbonyl (C=O) groups excluding carboxylic acids is 2. The Morgan fingerprint density at radius 2 is 1.63 bits per heavy atom. The van der Waals surface area contributed by atoms with Crippen LogP contribution in [0.25, 0.3) is 0 Å². The molecule has 7 nitrogen and oxygen atoms in total. The van der Waals surface area contributed by atoms with Gasteiger partial charge in [-0.3, -0.25) is 9.59 Å². The first-order chi connectivity index (χ1) is 12.6. The second kappa shape index (κ2) is 8.35. The number of hydrogen-bond donors (Lipinski definition) is 3. The number of carbonyl (C=O) groups is 3. The Morgan fingerprint density at radius 3 is 2.22 bits per heavy atom. The van der Waals surface area contributed by atoms with Crippen LogP contribution in [-0.2, 0) is 9.59 Å². The van der Waals surface area contributed by atoms with Gasteiger partial charge in [-0.25, -0.2) is 4.79 Å². The SMILES string of the molecule is CC(C)(C)C(=O)Nc1ccc(C(=O)Nc2cccc(OCC(=O)O)c2)cc1. The van der Waals surface area contributed by atoms with Gasteiger partial charge in [0.25, 0.3) is 5.91 Å². The summed E-state index contributed by atoms with van der Waals surface area (Å²) in [4.78, 5) is 34.9. The summed E-state index contributed by atoms with van der Waals surface area (Å²) < 4.78 is 5.08. The van der Waals surface area contributed by atoms with Crippen LogP contribution in [0.4, 0.5) is 11.4 Å². The van der Waals surface area contributed by atoms with E-state index in [1.54, 1.807) is 48.5 Å². The minimum absolute atomic E-state index is 0.113. The molecule has 0 saturated carbocycles. The summed E-state index contributed by atoms with van der Waals surface area (Å²) in [6, 6.07) is 13.0. The molecule has 7 heteroatoms. The van der Waals surface area contributed by atoms with Crippen LogP contribution in [0.3, 0.4) is 0 Å². The van der Waals surface area contributed by atoms with Crippen LogP contribution in [0.1, 0.15) is 31.1 Å². The van der Waals surface area contributed by atoms with Crippen molar-refractivity contribution < 1.29 is 24.2 Å². The van der Waals surface area contributed by atoms with Crippen LogP contribution in [0, 0.1) is 5.41 Å². The maximum atomic E-state index is 12.4. The standard InChI is InChI=1S/C20H22N2O5/c1-20(2,3)19(26)22-14-9-7-13(8-10-14)18(25)21-15-5-4-6-16(11-15)27-12-17(23)24/h4-11H,12H2,1-3H3,(H,21,25)(H,22,26)(H,23,24). The summed E-state index contributed by atoms with van der Waals surface area (Å²) in [5.41, 5.74) is 0.994. The van der Waals surface area contributed by atoms with E-state index >= 15 is 0 Å². The lowest BCUT2D eigenvalue weighted by Crippen LogP contribution is -2.27. The van der Waals surface area contributed by atoms with Gasteiger partial charge in [-0.2, -0.15) is 0 Å². The minimum atomic E-state index is -1.08. The summed E-state index contributed by atoms with van der Waals surface area (Å²) in [7, 11) is 0. The zero-order chi connectivity index (χ0) is 20.0. The third kappa shape index (κ3) is 6.14. The Balaban J connectivity index is 2.01. The van der Waals surface area contributed by atoms with Gasteiger partial charge in [0.15, 0.2) is 6.61 Å². The number of rotatable bonds is 6. The summed E-state index contributed by atoms with van der Waals surface area (Å²) in [5.74, 6) is -1.18. The van der Waals surface area contributed by atoms with Gasteiger partial charge in [0.2, 0.25) is 5.91 Å². The molecule has 2 aromatic rings. The van der Waals surface area contributed by atoms with Gasteiger partial charge in [0.05, 0.1) is 0 Å². The predicted molar refractivity (Wildman–Crippen MR) is 102 cm³/mol. The van der Waals surface area contributed by atoms with Gasteiger partial charge in [0, 0.05) is 28.4 Å². The van der Waals surface area contributed by atoms with E-state index in [4.69, 9.17) is 9.84 Å². The molecule has 2 amide bonds. The molecule has 0 atom stereocenters. The monoisotopic (exact) mass is 370 g/mol. The molecule has 0 heterocycles. The predicted octanol–water partition coefficient (Wildman–Crippen LogP) is 3.39. The maximum absolute atomic E-state index is 12.4. The summed E-state index contributed by atoms with van der Waals surface area (Å²) in [5, 5.41) is 14.1. The van der Waals surface area contributed by atoms with Gasteiger partial charge in [-0.15, -0.1) is 0 Å². The molecular weight excluding hydrogens is 348 g/mol. The maximum Gasteiger partial charge on any atom is 0.341 e. The summed E-state index contributed by atoms with van der Waals surface area (Å²) >= 11 is 0. The minimum Gasteiger partial charge on any atom is -0.482 e. The van der Waals surface area contributed by atoms with Crippen LogP contribution in [-0.4, -0.2) is 29.5 Å². The highest BCUT2D eigenvalue weighted by molar-refractivity contribution is 6.04. The van der Waals surface area contributed by atoms with Crippen molar-refractivity contribution in [3.63, 3.8) is 0 Å². The lowest BCUT2D eigenvalue weighted by atomic mass is 9.95. The molecule has 0 aromatic heterocycles. The second-order valence-corrected chi connectivity index (χ2v) is 6.95. The number of hydrogen-bond acceptors (Lipinski definition) is 4. The number of anilines is 2. The Hall–Kier alpha value is -3.35. The van der Waals surface area contributed by atoms with Crippen molar-refractivity contribution in [1.82, 2.24) is 0 Å². The van der Waals surface area contributed by atoms with Gasteiger partial charge in [-0.1, -0.05) is 26.8 Å². The summed E-state index contributed by atoms with van der Waals surface area (Å²) in [6.07, 6.45) is 0. The van der Waals surface area contributed by atoms with Crippen LogP contribution in [0.15, 0.2) is 48.5 Å². The molecule has 0 radical (unpaired) electrons. The number of ether oxygens (including phenoxy) is 1. The fourth-order valence-corrected chi connectivity index (χ4v) is 2.04. The normalized spacial score (nSPS) is 10.8. The molecule has 0 spiro atoms. The lowest BCUT2D eigenvalue weighted by Gasteiger charge is -2.17. The highest BCUT2D eigenvalue weighted by Crippen LogP contribution is 2.20. The van der Waals surface area contributed by atoms with Gasteiger partial charge < -0.3 is 20.5 Å². The molecule has 0 fully saturated rings. The largest absolute Gasteiger partial charge is 0.482 e. The van der Waals surface area contributed by atoms with Gasteiger partial charge >= 0.3 is 5.97 Å². The van der Waals surface area contributed by atoms with E-state index < -0.39 is 18.0 Å². The third-order valence-corrected chi connectivity index (χ3v) is 3.54. The summed E-state index contributed by atoms with van der Waals surface area (Å²) in [6.45, 7) is 4.99. The van der Waals surface area contributed by atoms with E-state index in [1.165, 1.54) is 0 Å². The molecular formula is C20H22N2O5. The van der Waals surface area contributed by atoms with Gasteiger partial charge in [0.1, 0.15) is 5.75 Å². The lowest BCUT2D eigenvalue weighted by molar-refractivity contribution is -0.139. The molecule has 0 aliphatic rings. The Kier molecular flexibility index (Phi) is 6.18. The second-order valence-electron chi connectivity index (χ2n) is 6.95. The topological polar surface area (TPSA) is 105 Å². The van der Waals surface area contributed by atoms with Gasteiger partial charge in [-0.05, 0) is 36.4 Å². The average Bonchev–Trinajstić information content (AvgIpc) is 2.60. The molecule has 0 unspecified atom stereocenters. The van der Waals surface area contributed by atoms with Crippen molar-refractivity contribution in [1.29, 1.82) is 0 Å².